The molecule has 11 nitrogen and oxygen atoms in total. The van der Waals surface area contributed by atoms with Crippen molar-refractivity contribution in [2.24, 2.45) is 0 Å². The molecule has 0 radical (unpaired) electrons. The first-order valence-corrected chi connectivity index (χ1v) is 22.9. The molecule has 1 rings (SSSR count). The van der Waals surface area contributed by atoms with Gasteiger partial charge in [-0.1, -0.05) is 126 Å². The summed E-state index contributed by atoms with van der Waals surface area (Å²) in [5, 5.41) is 18.3. The number of unbranched alkanes of at least 4 members (excludes halogenated alkanes) is 13. The predicted molar refractivity (Wildman–Crippen MR) is 223 cm³/mol. The lowest BCUT2D eigenvalue weighted by atomic mass is 10.1. The summed E-state index contributed by atoms with van der Waals surface area (Å²) in [6.45, 7) is 2.22. The van der Waals surface area contributed by atoms with Gasteiger partial charge >= 0.3 is 19.8 Å². The van der Waals surface area contributed by atoms with Crippen LogP contribution < -0.4 is 0 Å². The highest BCUT2D eigenvalue weighted by atomic mass is 31.2. The molecule has 0 bridgehead atoms. The van der Waals surface area contributed by atoms with Crippen LogP contribution in [-0.4, -0.2) is 77.9 Å². The first-order chi connectivity index (χ1) is 27.2. The number of hydrogen-bond acceptors (Lipinski definition) is 10. The number of ether oxygens (including phenoxy) is 3. The van der Waals surface area contributed by atoms with Crippen molar-refractivity contribution in [3.63, 3.8) is 0 Å². The van der Waals surface area contributed by atoms with Gasteiger partial charge in [0, 0.05) is 12.8 Å². The van der Waals surface area contributed by atoms with Crippen molar-refractivity contribution in [1.82, 2.24) is 0 Å². The molecule has 56 heavy (non-hydrogen) atoms. The third-order valence-electron chi connectivity index (χ3n) is 9.07. The lowest BCUT2D eigenvalue weighted by Gasteiger charge is -2.20. The van der Waals surface area contributed by atoms with Gasteiger partial charge in [0.05, 0.1) is 32.0 Å². The number of carbonyl (C=O) groups excluding carboxylic acids is 2. The van der Waals surface area contributed by atoms with Crippen molar-refractivity contribution in [2.45, 2.75) is 180 Å². The normalized spacial score (nSPS) is 18.1. The average Bonchev–Trinajstić information content (AvgIpc) is 3.94. The van der Waals surface area contributed by atoms with Crippen LogP contribution in [0.2, 0.25) is 0 Å². The Balaban J connectivity index is 2.32. The summed E-state index contributed by atoms with van der Waals surface area (Å²) in [5.74, 6) is -1.02. The largest absolute Gasteiger partial charge is 0.472 e. The molecule has 12 heteroatoms. The maximum absolute atomic E-state index is 12.6. The van der Waals surface area contributed by atoms with Crippen LogP contribution in [0.4, 0.5) is 0 Å². The number of allylic oxidation sites excluding steroid dienone is 8. The van der Waals surface area contributed by atoms with Crippen LogP contribution in [-0.2, 0) is 37.4 Å². The van der Waals surface area contributed by atoms with Crippen LogP contribution >= 0.6 is 7.82 Å². The Morgan fingerprint density at radius 1 is 0.643 bits per heavy atom. The second-order valence-electron chi connectivity index (χ2n) is 14.4. The van der Waals surface area contributed by atoms with E-state index in [1.165, 1.54) is 44.9 Å². The van der Waals surface area contributed by atoms with Crippen LogP contribution in [0.3, 0.4) is 0 Å². The Kier molecular flexibility index (Phi) is 33.0. The number of esters is 2. The summed E-state index contributed by atoms with van der Waals surface area (Å²) < 4.78 is 38.4. The van der Waals surface area contributed by atoms with E-state index in [0.29, 0.717) is 19.3 Å². The molecule has 1 saturated heterocycles. The highest BCUT2D eigenvalue weighted by molar-refractivity contribution is 7.47. The van der Waals surface area contributed by atoms with Crippen molar-refractivity contribution < 1.29 is 52.5 Å². The van der Waals surface area contributed by atoms with Gasteiger partial charge in [0.15, 0.2) is 6.10 Å². The summed E-state index contributed by atoms with van der Waals surface area (Å²) in [6, 6.07) is 0. The Morgan fingerprint density at radius 2 is 1.16 bits per heavy atom. The first-order valence-electron chi connectivity index (χ1n) is 21.4. The first kappa shape index (κ1) is 51.6. The standard InChI is InChI=1S/C44H75O11P/c1-3-5-7-9-11-13-14-15-16-17-18-20-22-24-30-34-44(48)54-40(38-53-56(49,50)52-36-39(46)35-45)37-51-43(47)33-29-26-25-28-32-42-41(55-42)31-27-23-21-19-12-10-8-6-4-2/h12-16,19,23,25,27-28,39-42,45-46H,3-11,17-18,20-22,24,26,29-38H2,1-2H3,(H,49,50)/b14-13-,16-15-,19-12-,27-23-,28-25-/t39-,40+,41?,42?/m0/s1. The zero-order chi connectivity index (χ0) is 41.0. The molecule has 1 aliphatic rings. The molecule has 0 aromatic heterocycles. The Labute approximate surface area is 338 Å². The molecule has 0 aromatic carbocycles. The Morgan fingerprint density at radius 3 is 1.86 bits per heavy atom. The molecule has 3 N–H and O–H groups in total. The van der Waals surface area contributed by atoms with E-state index in [9.17, 15) is 24.2 Å². The monoisotopic (exact) mass is 811 g/mol. The number of epoxide rings is 1. The number of aliphatic hydroxyl groups is 2. The zero-order valence-electron chi connectivity index (χ0n) is 34.5. The minimum Gasteiger partial charge on any atom is -0.462 e. The summed E-state index contributed by atoms with van der Waals surface area (Å²) in [6.07, 6.45) is 40.7. The molecule has 322 valence electrons. The van der Waals surface area contributed by atoms with Crippen LogP contribution in [0.15, 0.2) is 60.8 Å². The van der Waals surface area contributed by atoms with Gasteiger partial charge in [0.25, 0.3) is 0 Å². The molecule has 1 fully saturated rings. The smallest absolute Gasteiger partial charge is 0.462 e. The van der Waals surface area contributed by atoms with Gasteiger partial charge in [-0.3, -0.25) is 18.6 Å². The third-order valence-corrected chi connectivity index (χ3v) is 10.0. The summed E-state index contributed by atoms with van der Waals surface area (Å²) in [5.41, 5.74) is 0. The maximum Gasteiger partial charge on any atom is 0.472 e. The summed E-state index contributed by atoms with van der Waals surface area (Å²) >= 11 is 0. The van der Waals surface area contributed by atoms with Crippen molar-refractivity contribution in [1.29, 1.82) is 0 Å². The number of carbonyl (C=O) groups is 2. The zero-order valence-corrected chi connectivity index (χ0v) is 35.4. The molecule has 5 atom stereocenters. The molecule has 0 aliphatic carbocycles. The van der Waals surface area contributed by atoms with Crippen molar-refractivity contribution >= 4 is 19.8 Å². The van der Waals surface area contributed by atoms with E-state index < -0.39 is 51.8 Å². The van der Waals surface area contributed by atoms with Crippen molar-refractivity contribution in [3.05, 3.63) is 60.8 Å². The topological polar surface area (TPSA) is 161 Å². The lowest BCUT2D eigenvalue weighted by molar-refractivity contribution is -0.161. The van der Waals surface area contributed by atoms with Crippen molar-refractivity contribution in [2.75, 3.05) is 26.4 Å². The number of phosphoric ester groups is 1. The van der Waals surface area contributed by atoms with E-state index >= 15 is 0 Å². The fourth-order valence-corrected chi connectivity index (χ4v) is 6.39. The van der Waals surface area contributed by atoms with E-state index in [0.717, 1.165) is 64.2 Å². The highest BCUT2D eigenvalue weighted by Crippen LogP contribution is 2.43. The van der Waals surface area contributed by atoms with Crippen LogP contribution in [0.25, 0.3) is 0 Å². The number of phosphoric acid groups is 1. The molecular weight excluding hydrogens is 735 g/mol. The Bertz CT molecular complexity index is 1180. The SMILES string of the molecule is CCCCC/C=C\C/C=C\CC1OC1C/C=C\CCCC(=O)OC[C@H](COP(=O)(O)OC[C@@H](O)CO)OC(=O)CCCCCCC/C=C\C=C/CCCCCC. The fourth-order valence-electron chi connectivity index (χ4n) is 5.60. The minimum atomic E-state index is -4.64. The van der Waals surface area contributed by atoms with Crippen LogP contribution in [0, 0.1) is 0 Å². The second-order valence-corrected chi connectivity index (χ2v) is 15.9. The summed E-state index contributed by atoms with van der Waals surface area (Å²) in [7, 11) is -4.64. The molecule has 0 saturated carbocycles. The van der Waals surface area contributed by atoms with Gasteiger partial charge in [-0.25, -0.2) is 4.57 Å². The van der Waals surface area contributed by atoms with Gasteiger partial charge in [0.1, 0.15) is 12.7 Å². The minimum absolute atomic E-state index is 0.149. The quantitative estimate of drug-likeness (QED) is 0.0136. The van der Waals surface area contributed by atoms with Gasteiger partial charge in [-0.15, -0.1) is 0 Å². The summed E-state index contributed by atoms with van der Waals surface area (Å²) in [4.78, 5) is 35.0. The van der Waals surface area contributed by atoms with Crippen molar-refractivity contribution in [3.8, 4) is 0 Å². The van der Waals surface area contributed by atoms with Gasteiger partial charge < -0.3 is 29.3 Å². The number of rotatable bonds is 38. The lowest BCUT2D eigenvalue weighted by Crippen LogP contribution is -2.29. The van der Waals surface area contributed by atoms with E-state index in [4.69, 9.17) is 23.8 Å². The van der Waals surface area contributed by atoms with Gasteiger partial charge in [-0.05, 0) is 77.0 Å². The molecule has 3 unspecified atom stereocenters. The van der Waals surface area contributed by atoms with E-state index in [1.54, 1.807) is 0 Å². The molecule has 0 aromatic rings. The molecule has 0 spiro atoms. The van der Waals surface area contributed by atoms with E-state index in [2.05, 4.69) is 73.1 Å². The number of aliphatic hydroxyl groups excluding tert-OH is 2. The van der Waals surface area contributed by atoms with E-state index in [1.807, 2.05) is 6.08 Å². The second kappa shape index (κ2) is 35.8. The third kappa shape index (κ3) is 32.7. The molecule has 1 heterocycles. The average molecular weight is 811 g/mol. The maximum atomic E-state index is 12.6. The van der Waals surface area contributed by atoms with E-state index in [-0.39, 0.29) is 31.7 Å². The molecular formula is C44H75O11P. The van der Waals surface area contributed by atoms with Crippen LogP contribution in [0.1, 0.15) is 155 Å². The fraction of sp³-hybridized carbons (Fsp3) is 0.727. The molecule has 0 amide bonds. The Hall–Kier alpha value is -2.37. The van der Waals surface area contributed by atoms with Gasteiger partial charge in [0.2, 0.25) is 0 Å². The number of hydrogen-bond donors (Lipinski definition) is 3. The predicted octanol–water partition coefficient (Wildman–Crippen LogP) is 10.1. The van der Waals surface area contributed by atoms with Gasteiger partial charge in [-0.2, -0.15) is 0 Å². The molecule has 1 aliphatic heterocycles. The van der Waals surface area contributed by atoms with Crippen LogP contribution in [0.5, 0.6) is 0 Å². The highest BCUT2D eigenvalue weighted by Gasteiger charge is 2.36.